The Labute approximate surface area is 148 Å². The average Bonchev–Trinajstić information content (AvgIpc) is 3.00. The molecule has 0 spiro atoms. The van der Waals surface area contributed by atoms with Gasteiger partial charge in [-0.15, -0.1) is 0 Å². The lowest BCUT2D eigenvalue weighted by atomic mass is 10.1. The van der Waals surface area contributed by atoms with Crippen molar-refractivity contribution in [1.82, 2.24) is 0 Å². The first-order chi connectivity index (χ1) is 11.9. The maximum Gasteiger partial charge on any atom is 0.261 e. The average molecular weight is 358 g/mol. The Kier molecular flexibility index (Phi) is 4.81. The SMILES string of the molecule is CCc1ccc(S(=O)(=O)Nc2ccc(N3CCCC3=O)c(C)c2)cc1. The number of carbonyl (C=O) groups excluding carboxylic acids is 1. The highest BCUT2D eigenvalue weighted by Crippen LogP contribution is 2.28. The van der Waals surface area contributed by atoms with E-state index in [0.717, 1.165) is 29.7 Å². The molecule has 0 aliphatic carbocycles. The zero-order valence-corrected chi connectivity index (χ0v) is 15.3. The minimum absolute atomic E-state index is 0.118. The first-order valence-electron chi connectivity index (χ1n) is 8.43. The van der Waals surface area contributed by atoms with Crippen LogP contribution in [0.25, 0.3) is 0 Å². The van der Waals surface area contributed by atoms with E-state index in [-0.39, 0.29) is 10.8 Å². The van der Waals surface area contributed by atoms with Crippen LogP contribution in [0.4, 0.5) is 11.4 Å². The second kappa shape index (κ2) is 6.88. The lowest BCUT2D eigenvalue weighted by molar-refractivity contribution is -0.117. The molecule has 1 amide bonds. The summed E-state index contributed by atoms with van der Waals surface area (Å²) in [5.41, 5.74) is 3.30. The zero-order chi connectivity index (χ0) is 18.0. The number of nitrogens with zero attached hydrogens (tertiary/aromatic N) is 1. The lowest BCUT2D eigenvalue weighted by Gasteiger charge is -2.19. The molecule has 1 saturated heterocycles. The van der Waals surface area contributed by atoms with Gasteiger partial charge in [0.2, 0.25) is 5.91 Å². The van der Waals surface area contributed by atoms with Gasteiger partial charge in [-0.3, -0.25) is 9.52 Å². The smallest absolute Gasteiger partial charge is 0.261 e. The minimum Gasteiger partial charge on any atom is -0.312 e. The lowest BCUT2D eigenvalue weighted by Crippen LogP contribution is -2.24. The molecule has 1 aliphatic rings. The van der Waals surface area contributed by atoms with Gasteiger partial charge in [0.1, 0.15) is 0 Å². The van der Waals surface area contributed by atoms with E-state index in [9.17, 15) is 13.2 Å². The van der Waals surface area contributed by atoms with Crippen molar-refractivity contribution in [2.45, 2.75) is 38.0 Å². The summed E-state index contributed by atoms with van der Waals surface area (Å²) >= 11 is 0. The van der Waals surface area contributed by atoms with Gasteiger partial charge in [0.05, 0.1) is 4.90 Å². The highest BCUT2D eigenvalue weighted by atomic mass is 32.2. The normalized spacial score (nSPS) is 14.8. The summed E-state index contributed by atoms with van der Waals surface area (Å²) in [7, 11) is -3.63. The molecule has 3 rings (SSSR count). The van der Waals surface area contributed by atoms with Gasteiger partial charge < -0.3 is 4.90 Å². The van der Waals surface area contributed by atoms with Crippen molar-refractivity contribution in [3.8, 4) is 0 Å². The molecule has 0 saturated carbocycles. The third-order valence-corrected chi connectivity index (χ3v) is 5.85. The molecule has 0 unspecified atom stereocenters. The van der Waals surface area contributed by atoms with E-state index in [1.54, 1.807) is 35.2 Å². The second-order valence-electron chi connectivity index (χ2n) is 6.25. The summed E-state index contributed by atoms with van der Waals surface area (Å²) in [5.74, 6) is 0.118. The molecule has 6 heteroatoms. The molecule has 1 aliphatic heterocycles. The van der Waals surface area contributed by atoms with Crippen molar-refractivity contribution < 1.29 is 13.2 Å². The maximum absolute atomic E-state index is 12.5. The topological polar surface area (TPSA) is 66.5 Å². The Bertz CT molecular complexity index is 889. The van der Waals surface area contributed by atoms with Crippen molar-refractivity contribution >= 4 is 27.3 Å². The molecule has 132 valence electrons. The summed E-state index contributed by atoms with van der Waals surface area (Å²) in [6.07, 6.45) is 2.30. The minimum atomic E-state index is -3.63. The fourth-order valence-electron chi connectivity index (χ4n) is 3.04. The molecule has 1 fully saturated rings. The Balaban J connectivity index is 1.82. The standard InChI is InChI=1S/C19H22N2O3S/c1-3-15-6-9-17(10-7-15)25(23,24)20-16-8-11-18(14(2)13-16)21-12-4-5-19(21)22/h6-11,13,20H,3-5,12H2,1-2H3. The van der Waals surface area contributed by atoms with Crippen LogP contribution in [0.1, 0.15) is 30.9 Å². The van der Waals surface area contributed by atoms with Crippen molar-refractivity contribution in [3.05, 3.63) is 53.6 Å². The van der Waals surface area contributed by atoms with Crippen LogP contribution >= 0.6 is 0 Å². The molecule has 2 aromatic rings. The molecule has 0 atom stereocenters. The number of hydrogen-bond donors (Lipinski definition) is 1. The van der Waals surface area contributed by atoms with E-state index < -0.39 is 10.0 Å². The summed E-state index contributed by atoms with van der Waals surface area (Å²) < 4.78 is 27.7. The van der Waals surface area contributed by atoms with Gasteiger partial charge in [-0.05, 0) is 61.2 Å². The fourth-order valence-corrected chi connectivity index (χ4v) is 4.09. The largest absolute Gasteiger partial charge is 0.312 e. The second-order valence-corrected chi connectivity index (χ2v) is 7.94. The van der Waals surface area contributed by atoms with Crippen LogP contribution in [-0.4, -0.2) is 20.9 Å². The molecule has 1 heterocycles. The van der Waals surface area contributed by atoms with Gasteiger partial charge in [0.25, 0.3) is 10.0 Å². The molecule has 0 radical (unpaired) electrons. The fraction of sp³-hybridized carbons (Fsp3) is 0.316. The number of rotatable bonds is 5. The van der Waals surface area contributed by atoms with Crippen molar-refractivity contribution in [2.24, 2.45) is 0 Å². The van der Waals surface area contributed by atoms with E-state index in [1.165, 1.54) is 0 Å². The van der Waals surface area contributed by atoms with Gasteiger partial charge in [0.15, 0.2) is 0 Å². The van der Waals surface area contributed by atoms with Crippen LogP contribution in [0, 0.1) is 6.92 Å². The Morgan fingerprint density at radius 2 is 1.84 bits per heavy atom. The first-order valence-corrected chi connectivity index (χ1v) is 9.92. The molecular weight excluding hydrogens is 336 g/mol. The Morgan fingerprint density at radius 3 is 2.40 bits per heavy atom. The van der Waals surface area contributed by atoms with Crippen LogP contribution in [0.5, 0.6) is 0 Å². The number of hydrogen-bond acceptors (Lipinski definition) is 3. The number of aryl methyl sites for hydroxylation is 2. The van der Waals surface area contributed by atoms with Crippen molar-refractivity contribution in [2.75, 3.05) is 16.2 Å². The highest BCUT2D eigenvalue weighted by Gasteiger charge is 2.23. The van der Waals surface area contributed by atoms with Crippen LogP contribution in [-0.2, 0) is 21.2 Å². The third kappa shape index (κ3) is 3.69. The predicted molar refractivity (Wildman–Crippen MR) is 99.4 cm³/mol. The summed E-state index contributed by atoms with van der Waals surface area (Å²) in [6.45, 7) is 4.63. The van der Waals surface area contributed by atoms with Gasteiger partial charge >= 0.3 is 0 Å². The Hall–Kier alpha value is -2.34. The number of anilines is 2. The van der Waals surface area contributed by atoms with Crippen LogP contribution < -0.4 is 9.62 Å². The molecule has 1 N–H and O–H groups in total. The highest BCUT2D eigenvalue weighted by molar-refractivity contribution is 7.92. The molecular formula is C19H22N2O3S. The van der Waals surface area contributed by atoms with Crippen LogP contribution in [0.2, 0.25) is 0 Å². The molecule has 2 aromatic carbocycles. The monoisotopic (exact) mass is 358 g/mol. The Morgan fingerprint density at radius 1 is 1.12 bits per heavy atom. The predicted octanol–water partition coefficient (Wildman–Crippen LogP) is 3.49. The van der Waals surface area contributed by atoms with Crippen molar-refractivity contribution in [3.63, 3.8) is 0 Å². The molecule has 0 bridgehead atoms. The van der Waals surface area contributed by atoms with E-state index in [0.29, 0.717) is 18.7 Å². The number of benzene rings is 2. The van der Waals surface area contributed by atoms with E-state index in [4.69, 9.17) is 0 Å². The van der Waals surface area contributed by atoms with Crippen molar-refractivity contribution in [1.29, 1.82) is 0 Å². The quantitative estimate of drug-likeness (QED) is 0.890. The van der Waals surface area contributed by atoms with Gasteiger partial charge in [-0.25, -0.2) is 8.42 Å². The van der Waals surface area contributed by atoms with E-state index >= 15 is 0 Å². The zero-order valence-electron chi connectivity index (χ0n) is 14.5. The first kappa shape index (κ1) is 17.5. The number of carbonyl (C=O) groups is 1. The number of sulfonamides is 1. The van der Waals surface area contributed by atoms with Crippen LogP contribution in [0.3, 0.4) is 0 Å². The maximum atomic E-state index is 12.5. The molecule has 25 heavy (non-hydrogen) atoms. The van der Waals surface area contributed by atoms with Gasteiger partial charge in [-0.1, -0.05) is 19.1 Å². The van der Waals surface area contributed by atoms with Crippen LogP contribution in [0.15, 0.2) is 47.4 Å². The number of amides is 1. The van der Waals surface area contributed by atoms with Gasteiger partial charge in [-0.2, -0.15) is 0 Å². The molecule has 0 aromatic heterocycles. The van der Waals surface area contributed by atoms with E-state index in [1.807, 2.05) is 26.0 Å². The number of nitrogens with one attached hydrogen (secondary N) is 1. The summed E-state index contributed by atoms with van der Waals surface area (Å²) in [4.78, 5) is 13.9. The molecule has 5 nitrogen and oxygen atoms in total. The summed E-state index contributed by atoms with van der Waals surface area (Å²) in [5, 5.41) is 0. The van der Waals surface area contributed by atoms with Gasteiger partial charge in [0, 0.05) is 24.3 Å². The van der Waals surface area contributed by atoms with E-state index in [2.05, 4.69) is 4.72 Å². The third-order valence-electron chi connectivity index (χ3n) is 4.46. The summed E-state index contributed by atoms with van der Waals surface area (Å²) in [6, 6.07) is 12.1.